The number of rotatable bonds is 4. The summed E-state index contributed by atoms with van der Waals surface area (Å²) in [5, 5.41) is 0. The molecule has 0 N–H and O–H groups in total. The summed E-state index contributed by atoms with van der Waals surface area (Å²) in [6.07, 6.45) is 4.69. The molecule has 2 aliphatic heterocycles. The molecule has 9 heteroatoms. The zero-order valence-electron chi connectivity index (χ0n) is 15.0. The zero-order chi connectivity index (χ0) is 18.9. The van der Waals surface area contributed by atoms with Crippen molar-refractivity contribution >= 4 is 15.9 Å². The first-order chi connectivity index (χ1) is 12.2. The molecule has 0 saturated carbocycles. The van der Waals surface area contributed by atoms with Gasteiger partial charge in [0, 0.05) is 50.6 Å². The number of nitrogens with zero attached hydrogens (tertiary/aromatic N) is 3. The second kappa shape index (κ2) is 7.21. The van der Waals surface area contributed by atoms with E-state index in [-0.39, 0.29) is 22.9 Å². The first kappa shape index (κ1) is 19.2. The summed E-state index contributed by atoms with van der Waals surface area (Å²) in [6, 6.07) is 2.49. The third kappa shape index (κ3) is 3.89. The minimum atomic E-state index is -3.30. The maximum Gasteiger partial charge on any atom is 0.254 e. The van der Waals surface area contributed by atoms with Crippen LogP contribution in [0.1, 0.15) is 29.6 Å². The Morgan fingerprint density at radius 3 is 2.69 bits per heavy atom. The van der Waals surface area contributed by atoms with Crippen LogP contribution in [0, 0.1) is 11.4 Å². The number of ether oxygens (including phenoxy) is 1. The molecule has 1 atom stereocenters. The van der Waals surface area contributed by atoms with E-state index >= 15 is 0 Å². The first-order valence-corrected chi connectivity index (χ1v) is 10.5. The number of amides is 1. The quantitative estimate of drug-likeness (QED) is 0.726. The first-order valence-electron chi connectivity index (χ1n) is 8.61. The van der Waals surface area contributed by atoms with Gasteiger partial charge in [0.05, 0.1) is 12.9 Å². The summed E-state index contributed by atoms with van der Waals surface area (Å²) in [5.41, 5.74) is 0.155. The lowest BCUT2D eigenvalue weighted by molar-refractivity contribution is 0.0594. The number of hydrogen-bond acceptors (Lipinski definition) is 5. The average Bonchev–Trinajstić information content (AvgIpc) is 2.94. The lowest BCUT2D eigenvalue weighted by atomic mass is 9.76. The minimum Gasteiger partial charge on any atom is -0.383 e. The maximum absolute atomic E-state index is 13.2. The van der Waals surface area contributed by atoms with E-state index in [1.807, 2.05) is 0 Å². The van der Waals surface area contributed by atoms with Gasteiger partial charge in [-0.05, 0) is 30.7 Å². The number of piperidine rings is 1. The van der Waals surface area contributed by atoms with Gasteiger partial charge in [0.2, 0.25) is 16.0 Å². The number of aromatic nitrogens is 1. The van der Waals surface area contributed by atoms with Gasteiger partial charge in [-0.15, -0.1) is 0 Å². The number of sulfonamides is 1. The second-order valence-corrected chi connectivity index (χ2v) is 9.22. The van der Waals surface area contributed by atoms with E-state index in [1.165, 1.54) is 22.8 Å². The van der Waals surface area contributed by atoms with E-state index in [0.717, 1.165) is 25.3 Å². The fourth-order valence-electron chi connectivity index (χ4n) is 4.11. The van der Waals surface area contributed by atoms with Crippen LogP contribution in [0.4, 0.5) is 4.39 Å². The Balaban J connectivity index is 1.69. The number of carbonyl (C=O) groups is 1. The van der Waals surface area contributed by atoms with Crippen LogP contribution in [0.25, 0.3) is 0 Å². The van der Waals surface area contributed by atoms with Crippen LogP contribution in [0.2, 0.25) is 0 Å². The van der Waals surface area contributed by atoms with E-state index in [0.29, 0.717) is 26.2 Å². The van der Waals surface area contributed by atoms with Gasteiger partial charge in [-0.2, -0.15) is 8.70 Å². The Hall–Kier alpha value is -1.58. The topological polar surface area (TPSA) is 79.8 Å². The van der Waals surface area contributed by atoms with Crippen molar-refractivity contribution in [1.82, 2.24) is 14.2 Å². The van der Waals surface area contributed by atoms with Gasteiger partial charge in [-0.3, -0.25) is 4.79 Å². The monoisotopic (exact) mass is 385 g/mol. The largest absolute Gasteiger partial charge is 0.383 e. The third-order valence-corrected chi connectivity index (χ3v) is 6.72. The molecule has 144 valence electrons. The molecule has 1 aromatic rings. The molecule has 1 amide bonds. The molecule has 2 fully saturated rings. The van der Waals surface area contributed by atoms with Crippen molar-refractivity contribution in [1.29, 1.82) is 0 Å². The smallest absolute Gasteiger partial charge is 0.254 e. The number of halogens is 1. The van der Waals surface area contributed by atoms with Crippen LogP contribution in [0.3, 0.4) is 0 Å². The third-order valence-electron chi connectivity index (χ3n) is 5.44. The normalized spacial score (nSPS) is 23.5. The predicted molar refractivity (Wildman–Crippen MR) is 93.6 cm³/mol. The van der Waals surface area contributed by atoms with Gasteiger partial charge in [-0.1, -0.05) is 0 Å². The number of likely N-dealkylation sites (tertiary alicyclic amines) is 1. The van der Waals surface area contributed by atoms with Gasteiger partial charge in [0.15, 0.2) is 0 Å². The molecule has 2 saturated heterocycles. The van der Waals surface area contributed by atoms with Gasteiger partial charge < -0.3 is 9.64 Å². The van der Waals surface area contributed by atoms with Crippen LogP contribution in [0.15, 0.2) is 18.3 Å². The molecule has 0 aliphatic carbocycles. The number of methoxy groups -OCH3 is 1. The molecular formula is C17H24FN3O4S. The molecule has 0 bridgehead atoms. The van der Waals surface area contributed by atoms with E-state index in [1.54, 1.807) is 12.0 Å². The van der Waals surface area contributed by atoms with Crippen molar-refractivity contribution in [3.8, 4) is 0 Å². The van der Waals surface area contributed by atoms with Crippen molar-refractivity contribution < 1.29 is 22.3 Å². The van der Waals surface area contributed by atoms with Crippen molar-refractivity contribution in [2.24, 2.45) is 5.41 Å². The molecule has 0 unspecified atom stereocenters. The fraction of sp³-hybridized carbons (Fsp3) is 0.647. The van der Waals surface area contributed by atoms with Crippen LogP contribution in [0.5, 0.6) is 0 Å². The summed E-state index contributed by atoms with van der Waals surface area (Å²) in [5.74, 6) is -0.890. The van der Waals surface area contributed by atoms with Crippen molar-refractivity contribution in [3.63, 3.8) is 0 Å². The van der Waals surface area contributed by atoms with E-state index in [2.05, 4.69) is 4.98 Å². The Morgan fingerprint density at radius 1 is 1.42 bits per heavy atom. The van der Waals surface area contributed by atoms with Crippen molar-refractivity contribution in [2.75, 3.05) is 39.6 Å². The van der Waals surface area contributed by atoms with Crippen molar-refractivity contribution in [3.05, 3.63) is 29.8 Å². The predicted octanol–water partition coefficient (Wildman–Crippen LogP) is 1.12. The SMILES string of the molecule is COC[C@H]1CC2(CCN(C(=O)c3ccnc(F)c3)CC2)CN1S(C)(=O)=O. The highest BCUT2D eigenvalue weighted by molar-refractivity contribution is 7.88. The Bertz CT molecular complexity index is 778. The Morgan fingerprint density at radius 2 is 2.12 bits per heavy atom. The summed E-state index contributed by atoms with van der Waals surface area (Å²) in [4.78, 5) is 17.7. The average molecular weight is 385 g/mol. The van der Waals surface area contributed by atoms with Gasteiger partial charge in [0.25, 0.3) is 5.91 Å². The standard InChI is InChI=1S/C17H24FN3O4S/c1-25-11-14-10-17(12-21(14)26(2,23)24)4-7-20(8-5-17)16(22)13-3-6-19-15(18)9-13/h3,6,9,14H,4-5,7-8,10-12H2,1-2H3/t14-/m1/s1. The zero-order valence-corrected chi connectivity index (χ0v) is 15.8. The lowest BCUT2D eigenvalue weighted by Crippen LogP contribution is -2.44. The molecule has 3 heterocycles. The van der Waals surface area contributed by atoms with Crippen LogP contribution in [-0.2, 0) is 14.8 Å². The van der Waals surface area contributed by atoms with Crippen LogP contribution in [-0.4, -0.2) is 74.2 Å². The Kier molecular flexibility index (Phi) is 5.32. The highest BCUT2D eigenvalue weighted by atomic mass is 32.2. The van der Waals surface area contributed by atoms with E-state index in [9.17, 15) is 17.6 Å². The molecule has 1 spiro atoms. The summed E-state index contributed by atoms with van der Waals surface area (Å²) in [7, 11) is -1.73. The molecule has 0 radical (unpaired) electrons. The molecule has 2 aliphatic rings. The van der Waals surface area contributed by atoms with Gasteiger partial charge >= 0.3 is 0 Å². The van der Waals surface area contributed by atoms with Crippen LogP contribution < -0.4 is 0 Å². The van der Waals surface area contributed by atoms with E-state index < -0.39 is 16.0 Å². The second-order valence-electron chi connectivity index (χ2n) is 7.28. The molecule has 0 aromatic carbocycles. The number of carbonyl (C=O) groups excluding carboxylic acids is 1. The molecule has 7 nitrogen and oxygen atoms in total. The fourth-order valence-corrected chi connectivity index (χ4v) is 5.30. The van der Waals surface area contributed by atoms with Gasteiger partial charge in [-0.25, -0.2) is 13.4 Å². The van der Waals surface area contributed by atoms with E-state index in [4.69, 9.17) is 4.74 Å². The van der Waals surface area contributed by atoms with Crippen molar-refractivity contribution in [2.45, 2.75) is 25.3 Å². The molecular weight excluding hydrogens is 361 g/mol. The Labute approximate surface area is 153 Å². The summed E-state index contributed by atoms with van der Waals surface area (Å²) >= 11 is 0. The number of hydrogen-bond donors (Lipinski definition) is 0. The minimum absolute atomic E-state index is 0.132. The maximum atomic E-state index is 13.2. The summed E-state index contributed by atoms with van der Waals surface area (Å²) in [6.45, 7) is 1.89. The number of pyridine rings is 1. The molecule has 3 rings (SSSR count). The molecule has 1 aromatic heterocycles. The highest BCUT2D eigenvalue weighted by Crippen LogP contribution is 2.44. The highest BCUT2D eigenvalue weighted by Gasteiger charge is 2.48. The van der Waals surface area contributed by atoms with Crippen LogP contribution >= 0.6 is 0 Å². The summed E-state index contributed by atoms with van der Waals surface area (Å²) < 4.78 is 44.2. The molecule has 26 heavy (non-hydrogen) atoms. The lowest BCUT2D eigenvalue weighted by Gasteiger charge is -2.39. The van der Waals surface area contributed by atoms with Gasteiger partial charge in [0.1, 0.15) is 0 Å².